The second-order valence-electron chi connectivity index (χ2n) is 10.9. The van der Waals surface area contributed by atoms with Gasteiger partial charge in [-0.05, 0) is 36.6 Å². The van der Waals surface area contributed by atoms with Crippen molar-refractivity contribution in [3.63, 3.8) is 0 Å². The van der Waals surface area contributed by atoms with E-state index in [1.807, 2.05) is 13.8 Å². The lowest BCUT2D eigenvalue weighted by atomic mass is 9.99. The summed E-state index contributed by atoms with van der Waals surface area (Å²) in [5, 5.41) is 13.5. The van der Waals surface area contributed by atoms with Crippen molar-refractivity contribution in [2.45, 2.75) is 32.7 Å². The molecule has 1 unspecified atom stereocenters. The van der Waals surface area contributed by atoms with Crippen LogP contribution in [0, 0.1) is 12.7 Å². The molecule has 6 rings (SSSR count). The lowest BCUT2D eigenvalue weighted by Crippen LogP contribution is -2.58. The quantitative estimate of drug-likeness (QED) is 0.329. The van der Waals surface area contributed by atoms with Gasteiger partial charge in [-0.3, -0.25) is 19.1 Å². The average molecular weight is 603 g/mol. The Morgan fingerprint density at radius 2 is 1.98 bits per heavy atom. The zero-order valence-electron chi connectivity index (χ0n) is 23.7. The lowest BCUT2D eigenvalue weighted by molar-refractivity contribution is -0.128. The number of anilines is 2. The summed E-state index contributed by atoms with van der Waals surface area (Å²) in [5.41, 5.74) is 0.545. The van der Waals surface area contributed by atoms with Crippen molar-refractivity contribution < 1.29 is 19.1 Å². The van der Waals surface area contributed by atoms with Gasteiger partial charge in [-0.1, -0.05) is 50.2 Å². The maximum atomic E-state index is 17.2. The summed E-state index contributed by atoms with van der Waals surface area (Å²) in [7, 11) is 0. The molecule has 43 heavy (non-hydrogen) atoms. The maximum Gasteiger partial charge on any atom is 0.354 e. The molecule has 0 bridgehead atoms. The number of nitrogens with one attached hydrogen (secondary N) is 1. The Labute approximate surface area is 251 Å². The normalized spacial score (nSPS) is 16.2. The molecule has 0 aliphatic carbocycles. The van der Waals surface area contributed by atoms with Gasteiger partial charge in [0.25, 0.3) is 0 Å². The van der Waals surface area contributed by atoms with E-state index >= 15 is 4.39 Å². The van der Waals surface area contributed by atoms with E-state index in [2.05, 4.69) is 21.9 Å². The van der Waals surface area contributed by atoms with Crippen molar-refractivity contribution in [2.24, 2.45) is 0 Å². The number of hydrogen-bond acceptors (Lipinski definition) is 7. The summed E-state index contributed by atoms with van der Waals surface area (Å²) < 4.78 is 18.4. The third-order valence-electron chi connectivity index (χ3n) is 7.98. The first-order valence-corrected chi connectivity index (χ1v) is 14.1. The number of amides is 2. The predicted molar refractivity (Wildman–Crippen MR) is 163 cm³/mol. The number of fused-ring (bicyclic) bond motifs is 2. The van der Waals surface area contributed by atoms with Crippen LogP contribution in [0.2, 0.25) is 5.02 Å². The summed E-state index contributed by atoms with van der Waals surface area (Å²) in [6.07, 6.45) is 2.79. The van der Waals surface area contributed by atoms with Gasteiger partial charge in [0.2, 0.25) is 11.8 Å². The van der Waals surface area contributed by atoms with Gasteiger partial charge >= 0.3 is 5.69 Å². The molecular formula is C31H28ClFN6O4. The number of piperazine rings is 1. The molecule has 2 amide bonds. The van der Waals surface area contributed by atoms with Gasteiger partial charge < -0.3 is 20.2 Å². The van der Waals surface area contributed by atoms with Crippen LogP contribution < -0.4 is 15.9 Å². The van der Waals surface area contributed by atoms with Crippen molar-refractivity contribution in [3.8, 4) is 22.6 Å². The highest BCUT2D eigenvalue weighted by Crippen LogP contribution is 2.48. The predicted octanol–water partition coefficient (Wildman–Crippen LogP) is 4.53. The van der Waals surface area contributed by atoms with Crippen LogP contribution in [0.25, 0.3) is 27.7 Å². The summed E-state index contributed by atoms with van der Waals surface area (Å²) in [6.45, 7) is 9.51. The Morgan fingerprint density at radius 3 is 2.67 bits per heavy atom. The van der Waals surface area contributed by atoms with Gasteiger partial charge in [-0.25, -0.2) is 9.18 Å². The van der Waals surface area contributed by atoms with Crippen molar-refractivity contribution in [3.05, 3.63) is 81.8 Å². The van der Waals surface area contributed by atoms with Crippen molar-refractivity contribution in [1.82, 2.24) is 19.4 Å². The Kier molecular flexibility index (Phi) is 6.92. The van der Waals surface area contributed by atoms with Crippen LogP contribution in [-0.4, -0.2) is 62.0 Å². The first kappa shape index (κ1) is 28.4. The van der Waals surface area contributed by atoms with Crippen LogP contribution in [0.4, 0.5) is 15.9 Å². The lowest BCUT2D eigenvalue weighted by Gasteiger charge is -2.40. The fourth-order valence-electron chi connectivity index (χ4n) is 5.93. The zero-order valence-corrected chi connectivity index (χ0v) is 24.4. The van der Waals surface area contributed by atoms with Crippen LogP contribution >= 0.6 is 11.6 Å². The van der Waals surface area contributed by atoms with E-state index in [-0.39, 0.29) is 75.8 Å². The van der Waals surface area contributed by atoms with E-state index in [1.165, 1.54) is 27.7 Å². The number of benzene rings is 2. The van der Waals surface area contributed by atoms with Gasteiger partial charge in [0.1, 0.15) is 23.1 Å². The van der Waals surface area contributed by atoms with Gasteiger partial charge in [0.15, 0.2) is 5.82 Å². The van der Waals surface area contributed by atoms with Crippen LogP contribution in [-0.2, 0) is 9.59 Å². The highest BCUT2D eigenvalue weighted by atomic mass is 35.5. The number of halogens is 2. The number of carbonyl (C=O) groups excluding carboxylic acids is 2. The van der Waals surface area contributed by atoms with Crippen LogP contribution in [0.1, 0.15) is 31.0 Å². The van der Waals surface area contributed by atoms with Crippen LogP contribution in [0.3, 0.4) is 0 Å². The molecule has 0 saturated carbocycles. The molecule has 220 valence electrons. The van der Waals surface area contributed by atoms with Crippen molar-refractivity contribution in [1.29, 1.82) is 0 Å². The minimum Gasteiger partial charge on any atom is -0.507 e. The van der Waals surface area contributed by atoms with E-state index in [0.29, 0.717) is 16.9 Å². The molecular weight excluding hydrogens is 575 g/mol. The maximum absolute atomic E-state index is 17.2. The number of aryl methyl sites for hydroxylation is 1. The van der Waals surface area contributed by atoms with Crippen molar-refractivity contribution in [2.75, 3.05) is 29.9 Å². The topological polar surface area (TPSA) is 121 Å². The molecule has 2 N–H and O–H groups in total. The molecule has 2 aliphatic heterocycles. The van der Waals surface area contributed by atoms with E-state index in [9.17, 15) is 19.5 Å². The number of para-hydroxylation sites is 1. The van der Waals surface area contributed by atoms with E-state index < -0.39 is 23.5 Å². The Bertz CT molecular complexity index is 1920. The first-order chi connectivity index (χ1) is 20.5. The third kappa shape index (κ3) is 4.34. The second-order valence-corrected chi connectivity index (χ2v) is 11.3. The average Bonchev–Trinajstić information content (AvgIpc) is 3.10. The number of rotatable bonds is 4. The molecule has 2 aromatic heterocycles. The Balaban J connectivity index is 1.77. The molecule has 2 aromatic carbocycles. The van der Waals surface area contributed by atoms with Gasteiger partial charge in [0, 0.05) is 30.4 Å². The molecule has 12 heteroatoms. The van der Waals surface area contributed by atoms with E-state index in [4.69, 9.17) is 11.6 Å². The molecule has 1 fully saturated rings. The highest BCUT2D eigenvalue weighted by molar-refractivity contribution is 6.39. The SMILES string of the molecule is C=CC(=O)N1CCN2c3nc(=O)n(-c4c(C)ccnc4C(C)C)c4c(F)c(-c5ccccc5O)c(Cl)c(c34)NC(=O)C2C1. The number of aromatic nitrogens is 3. The number of phenolic OH excluding ortho intramolecular Hbond substituents is 1. The number of carbonyl (C=O) groups is 2. The number of aromatic hydroxyl groups is 1. The van der Waals surface area contributed by atoms with Gasteiger partial charge in [-0.2, -0.15) is 4.98 Å². The summed E-state index contributed by atoms with van der Waals surface area (Å²) >= 11 is 6.90. The zero-order chi connectivity index (χ0) is 30.7. The first-order valence-electron chi connectivity index (χ1n) is 13.8. The Hall–Kier alpha value is -4.77. The molecule has 1 saturated heterocycles. The minimum atomic E-state index is -0.949. The fraction of sp³-hybridized carbons (Fsp3) is 0.258. The standard InChI is InChI=1S/C31H28ClFN6O4/c1-5-20(41)37-12-13-38-18(14-37)30(42)35-26-22-28(24(33)21(23(26)32)17-8-6-7-9-19(17)40)39(31(43)36-29(22)38)27-16(4)10-11-34-25(27)15(2)3/h5-11,15,18,40H,1,12-14H2,2-4H3,(H,35,42). The minimum absolute atomic E-state index is 0.0113. The molecule has 2 aliphatic rings. The van der Waals surface area contributed by atoms with Gasteiger partial charge in [0.05, 0.1) is 34.0 Å². The highest BCUT2D eigenvalue weighted by Gasteiger charge is 2.41. The molecule has 10 nitrogen and oxygen atoms in total. The molecule has 1 atom stereocenters. The number of pyridine rings is 1. The van der Waals surface area contributed by atoms with Gasteiger partial charge in [-0.15, -0.1) is 0 Å². The third-order valence-corrected chi connectivity index (χ3v) is 8.36. The summed E-state index contributed by atoms with van der Waals surface area (Å²) in [4.78, 5) is 52.3. The summed E-state index contributed by atoms with van der Waals surface area (Å²) in [6, 6.07) is 6.86. The van der Waals surface area contributed by atoms with E-state index in [0.717, 1.165) is 0 Å². The second kappa shape index (κ2) is 10.5. The smallest absolute Gasteiger partial charge is 0.354 e. The Morgan fingerprint density at radius 1 is 1.23 bits per heavy atom. The molecule has 4 aromatic rings. The number of nitrogens with zero attached hydrogens (tertiary/aromatic N) is 5. The monoisotopic (exact) mass is 602 g/mol. The largest absolute Gasteiger partial charge is 0.507 e. The molecule has 0 radical (unpaired) electrons. The number of phenols is 1. The molecule has 4 heterocycles. The van der Waals surface area contributed by atoms with E-state index in [1.54, 1.807) is 36.2 Å². The fourth-order valence-corrected chi connectivity index (χ4v) is 6.26. The van der Waals surface area contributed by atoms with Crippen LogP contribution in [0.5, 0.6) is 5.75 Å². The van der Waals surface area contributed by atoms with Crippen molar-refractivity contribution >= 4 is 45.8 Å². The number of hydrogen-bond donors (Lipinski definition) is 2. The summed E-state index contributed by atoms with van der Waals surface area (Å²) in [5.74, 6) is -2.05. The van der Waals surface area contributed by atoms with Crippen LogP contribution in [0.15, 0.2) is 54.0 Å². The molecule has 0 spiro atoms.